The highest BCUT2D eigenvalue weighted by molar-refractivity contribution is 9.10. The van der Waals surface area contributed by atoms with Gasteiger partial charge in [0.05, 0.1) is 0 Å². The molecule has 1 amide bonds. The Kier molecular flexibility index (Phi) is 5.09. The average Bonchev–Trinajstić information content (AvgIpc) is 2.95. The Balaban J connectivity index is 1.73. The highest BCUT2D eigenvalue weighted by Crippen LogP contribution is 2.34. The van der Waals surface area contributed by atoms with Gasteiger partial charge in [0.2, 0.25) is 5.91 Å². The summed E-state index contributed by atoms with van der Waals surface area (Å²) in [6.07, 6.45) is 2.90. The maximum absolute atomic E-state index is 12.2. The van der Waals surface area contributed by atoms with Crippen molar-refractivity contribution in [3.8, 4) is 0 Å². The van der Waals surface area contributed by atoms with Gasteiger partial charge in [0, 0.05) is 39.6 Å². The van der Waals surface area contributed by atoms with Crippen LogP contribution in [0.3, 0.4) is 0 Å². The van der Waals surface area contributed by atoms with E-state index in [0.29, 0.717) is 0 Å². The van der Waals surface area contributed by atoms with Crippen molar-refractivity contribution < 1.29 is 4.79 Å². The third-order valence-electron chi connectivity index (χ3n) is 5.48. The summed E-state index contributed by atoms with van der Waals surface area (Å²) in [7, 11) is 0. The number of hydrogen-bond acceptors (Lipinski definition) is 1. The second kappa shape index (κ2) is 7.51. The summed E-state index contributed by atoms with van der Waals surface area (Å²) in [5.41, 5.74) is 5.41. The first-order chi connectivity index (χ1) is 13.0. The smallest absolute Gasteiger partial charge is 0.222 e. The van der Waals surface area contributed by atoms with Crippen LogP contribution in [0.15, 0.2) is 53.0 Å². The number of carbonyl (C=O) groups is 1. The van der Waals surface area contributed by atoms with E-state index in [1.165, 1.54) is 27.7 Å². The van der Waals surface area contributed by atoms with Gasteiger partial charge in [-0.3, -0.25) is 4.79 Å². The molecule has 0 radical (unpaired) electrons. The fourth-order valence-electron chi connectivity index (χ4n) is 4.06. The predicted octanol–water partition coefficient (Wildman–Crippen LogP) is 5.08. The van der Waals surface area contributed by atoms with Crippen LogP contribution in [0.1, 0.15) is 37.1 Å². The molecule has 1 aliphatic rings. The lowest BCUT2D eigenvalue weighted by Crippen LogP contribution is -2.41. The Labute approximate surface area is 168 Å². The Morgan fingerprint density at radius 2 is 2.00 bits per heavy atom. The van der Waals surface area contributed by atoms with Gasteiger partial charge in [0.25, 0.3) is 0 Å². The minimum absolute atomic E-state index is 0.0277. The molecule has 1 unspecified atom stereocenters. The summed E-state index contributed by atoms with van der Waals surface area (Å²) in [5.74, 6) is 0.178. The van der Waals surface area contributed by atoms with Gasteiger partial charge in [0.1, 0.15) is 0 Å². The molecule has 3 aromatic rings. The number of hydrogen-bond donors (Lipinski definition) is 1. The van der Waals surface area contributed by atoms with Crippen molar-refractivity contribution in [2.45, 2.75) is 45.7 Å². The molecule has 1 aliphatic carbocycles. The van der Waals surface area contributed by atoms with E-state index in [1.54, 1.807) is 0 Å². The van der Waals surface area contributed by atoms with Crippen molar-refractivity contribution in [2.75, 3.05) is 0 Å². The van der Waals surface area contributed by atoms with Crippen molar-refractivity contribution >= 4 is 32.7 Å². The predicted molar refractivity (Wildman–Crippen MR) is 114 cm³/mol. The summed E-state index contributed by atoms with van der Waals surface area (Å²) in [6.45, 7) is 4.79. The van der Waals surface area contributed by atoms with E-state index in [4.69, 9.17) is 0 Å². The first kappa shape index (κ1) is 18.3. The van der Waals surface area contributed by atoms with Crippen LogP contribution < -0.4 is 5.32 Å². The highest BCUT2D eigenvalue weighted by Gasteiger charge is 2.27. The van der Waals surface area contributed by atoms with E-state index in [0.717, 1.165) is 30.3 Å². The molecule has 27 heavy (non-hydrogen) atoms. The minimum atomic E-state index is 0.0277. The van der Waals surface area contributed by atoms with Crippen molar-refractivity contribution in [1.82, 2.24) is 9.88 Å². The second-order valence-corrected chi connectivity index (χ2v) is 8.68. The first-order valence-electron chi connectivity index (χ1n) is 9.66. The summed E-state index contributed by atoms with van der Waals surface area (Å²) in [6, 6.07) is 17.4. The number of nitrogens with zero attached hydrogens (tertiary/aromatic N) is 1. The molecule has 0 saturated heterocycles. The molecule has 4 heteroatoms. The molecule has 0 fully saturated rings. The zero-order valence-electron chi connectivity index (χ0n) is 15.8. The van der Waals surface area contributed by atoms with E-state index >= 15 is 0 Å². The average molecular weight is 425 g/mol. The monoisotopic (exact) mass is 424 g/mol. The van der Waals surface area contributed by atoms with Crippen LogP contribution in [0.4, 0.5) is 0 Å². The molecular weight excluding hydrogens is 400 g/mol. The molecule has 140 valence electrons. The Morgan fingerprint density at radius 3 is 2.74 bits per heavy atom. The number of carbonyl (C=O) groups excluding carboxylic acids is 1. The molecule has 3 nitrogen and oxygen atoms in total. The maximum Gasteiger partial charge on any atom is 0.222 e. The molecule has 0 spiro atoms. The van der Waals surface area contributed by atoms with E-state index in [1.807, 2.05) is 13.8 Å². The zero-order valence-corrected chi connectivity index (χ0v) is 17.4. The van der Waals surface area contributed by atoms with Gasteiger partial charge in [0.15, 0.2) is 0 Å². The largest absolute Gasteiger partial charge is 0.353 e. The SMILES string of the molecule is CC(C)C(=O)NC1CCc2c(c3cc(Br)ccc3n2Cc2ccccc2)C1. The van der Waals surface area contributed by atoms with Gasteiger partial charge >= 0.3 is 0 Å². The molecule has 1 heterocycles. The summed E-state index contributed by atoms with van der Waals surface area (Å²) >= 11 is 3.63. The van der Waals surface area contributed by atoms with Crippen molar-refractivity contribution in [3.63, 3.8) is 0 Å². The molecule has 1 aromatic heterocycles. The molecule has 0 saturated carbocycles. The lowest BCUT2D eigenvalue weighted by molar-refractivity contribution is -0.124. The quantitative estimate of drug-likeness (QED) is 0.622. The van der Waals surface area contributed by atoms with Crippen LogP contribution in [-0.4, -0.2) is 16.5 Å². The van der Waals surface area contributed by atoms with Gasteiger partial charge in [-0.25, -0.2) is 0 Å². The Bertz CT molecular complexity index is 975. The van der Waals surface area contributed by atoms with E-state index in [2.05, 4.69) is 74.3 Å². The van der Waals surface area contributed by atoms with Crippen LogP contribution in [0, 0.1) is 5.92 Å². The third kappa shape index (κ3) is 3.68. The van der Waals surface area contributed by atoms with Crippen LogP contribution in [0.5, 0.6) is 0 Å². The molecule has 1 atom stereocenters. The van der Waals surface area contributed by atoms with Gasteiger partial charge < -0.3 is 9.88 Å². The minimum Gasteiger partial charge on any atom is -0.353 e. The lowest BCUT2D eigenvalue weighted by Gasteiger charge is -2.26. The van der Waals surface area contributed by atoms with Crippen molar-refractivity contribution in [3.05, 3.63) is 69.8 Å². The van der Waals surface area contributed by atoms with E-state index in [9.17, 15) is 4.79 Å². The molecule has 4 rings (SSSR count). The van der Waals surface area contributed by atoms with Crippen LogP contribution in [0.25, 0.3) is 10.9 Å². The molecular formula is C23H25BrN2O. The van der Waals surface area contributed by atoms with Gasteiger partial charge in [-0.2, -0.15) is 0 Å². The Morgan fingerprint density at radius 1 is 1.22 bits per heavy atom. The number of nitrogens with one attached hydrogen (secondary N) is 1. The fourth-order valence-corrected chi connectivity index (χ4v) is 4.42. The summed E-state index contributed by atoms with van der Waals surface area (Å²) in [4.78, 5) is 12.2. The second-order valence-electron chi connectivity index (χ2n) is 7.76. The topological polar surface area (TPSA) is 34.0 Å². The molecule has 0 bridgehead atoms. The van der Waals surface area contributed by atoms with Gasteiger partial charge in [-0.15, -0.1) is 0 Å². The van der Waals surface area contributed by atoms with Crippen LogP contribution in [0.2, 0.25) is 0 Å². The highest BCUT2D eigenvalue weighted by atomic mass is 79.9. The lowest BCUT2D eigenvalue weighted by atomic mass is 9.91. The molecule has 0 aliphatic heterocycles. The van der Waals surface area contributed by atoms with Gasteiger partial charge in [-0.05, 0) is 48.6 Å². The number of amides is 1. The van der Waals surface area contributed by atoms with Crippen molar-refractivity contribution in [1.29, 1.82) is 0 Å². The zero-order chi connectivity index (χ0) is 19.0. The number of halogens is 1. The van der Waals surface area contributed by atoms with E-state index < -0.39 is 0 Å². The molecule has 1 N–H and O–H groups in total. The number of aromatic nitrogens is 1. The normalized spacial score (nSPS) is 16.5. The fraction of sp³-hybridized carbons (Fsp3) is 0.348. The molecule has 2 aromatic carbocycles. The number of fused-ring (bicyclic) bond motifs is 3. The maximum atomic E-state index is 12.2. The van der Waals surface area contributed by atoms with Crippen LogP contribution in [-0.2, 0) is 24.2 Å². The number of rotatable bonds is 4. The standard InChI is InChI=1S/C23H25BrN2O/c1-15(2)23(27)25-18-9-11-22-20(13-18)19-12-17(24)8-10-21(19)26(22)14-16-6-4-3-5-7-16/h3-8,10,12,15,18H,9,11,13-14H2,1-2H3,(H,25,27). The number of benzene rings is 2. The van der Waals surface area contributed by atoms with Gasteiger partial charge in [-0.1, -0.05) is 60.1 Å². The first-order valence-corrected chi connectivity index (χ1v) is 10.5. The Hall–Kier alpha value is -2.07. The third-order valence-corrected chi connectivity index (χ3v) is 5.98. The summed E-state index contributed by atoms with van der Waals surface area (Å²) < 4.78 is 3.57. The van der Waals surface area contributed by atoms with E-state index in [-0.39, 0.29) is 17.9 Å². The van der Waals surface area contributed by atoms with Crippen LogP contribution >= 0.6 is 15.9 Å². The van der Waals surface area contributed by atoms with Crippen molar-refractivity contribution in [2.24, 2.45) is 5.92 Å². The summed E-state index contributed by atoms with van der Waals surface area (Å²) in [5, 5.41) is 4.54.